The van der Waals surface area contributed by atoms with Crippen LogP contribution in [0, 0.1) is 6.92 Å². The summed E-state index contributed by atoms with van der Waals surface area (Å²) in [7, 11) is 0. The minimum absolute atomic E-state index is 0.176. The average molecular weight is 390 g/mol. The summed E-state index contributed by atoms with van der Waals surface area (Å²) in [5.41, 5.74) is 8.62. The van der Waals surface area contributed by atoms with Gasteiger partial charge in [-0.1, -0.05) is 12.1 Å². The maximum absolute atomic E-state index is 12.1. The van der Waals surface area contributed by atoms with Crippen LogP contribution < -0.4 is 11.1 Å². The van der Waals surface area contributed by atoms with E-state index in [0.29, 0.717) is 16.9 Å². The second-order valence-electron chi connectivity index (χ2n) is 3.73. The molecule has 0 unspecified atom stereocenters. The lowest BCUT2D eigenvalue weighted by Gasteiger charge is -2.10. The number of anilines is 2. The number of benzene rings is 1. The number of hydrogen-bond acceptors (Lipinski definition) is 3. The SMILES string of the molecule is Cc1cccc(N)c1NC(=O)c1cc(Br)sc1Br. The topological polar surface area (TPSA) is 55.1 Å². The van der Waals surface area contributed by atoms with Crippen LogP contribution in [-0.2, 0) is 0 Å². The van der Waals surface area contributed by atoms with Crippen LogP contribution in [0.25, 0.3) is 0 Å². The lowest BCUT2D eigenvalue weighted by atomic mass is 10.1. The van der Waals surface area contributed by atoms with E-state index in [9.17, 15) is 4.79 Å². The highest BCUT2D eigenvalue weighted by Gasteiger charge is 2.15. The third-order valence-corrected chi connectivity index (χ3v) is 4.78. The molecule has 1 aromatic heterocycles. The van der Waals surface area contributed by atoms with E-state index in [1.165, 1.54) is 11.3 Å². The predicted molar refractivity (Wildman–Crippen MR) is 83.3 cm³/mol. The van der Waals surface area contributed by atoms with Crippen molar-refractivity contribution in [2.24, 2.45) is 0 Å². The van der Waals surface area contributed by atoms with Crippen LogP contribution in [-0.4, -0.2) is 5.91 Å². The summed E-state index contributed by atoms with van der Waals surface area (Å²) < 4.78 is 1.69. The Bertz CT molecular complexity index is 590. The molecule has 0 atom stereocenters. The van der Waals surface area contributed by atoms with Crippen molar-refractivity contribution in [1.82, 2.24) is 0 Å². The van der Waals surface area contributed by atoms with Gasteiger partial charge in [-0.15, -0.1) is 11.3 Å². The van der Waals surface area contributed by atoms with Crippen molar-refractivity contribution in [1.29, 1.82) is 0 Å². The van der Waals surface area contributed by atoms with E-state index in [0.717, 1.165) is 13.1 Å². The zero-order chi connectivity index (χ0) is 13.3. The van der Waals surface area contributed by atoms with Gasteiger partial charge in [0.1, 0.15) is 0 Å². The number of carbonyl (C=O) groups excluding carboxylic acids is 1. The number of aryl methyl sites for hydroxylation is 1. The van der Waals surface area contributed by atoms with Gasteiger partial charge in [-0.25, -0.2) is 0 Å². The van der Waals surface area contributed by atoms with Crippen molar-refractivity contribution in [2.75, 3.05) is 11.1 Å². The van der Waals surface area contributed by atoms with Gasteiger partial charge in [-0.05, 0) is 56.5 Å². The first-order valence-corrected chi connectivity index (χ1v) is 7.50. The summed E-state index contributed by atoms with van der Waals surface area (Å²) in [4.78, 5) is 12.1. The monoisotopic (exact) mass is 388 g/mol. The van der Waals surface area contributed by atoms with Crippen LogP contribution >= 0.6 is 43.2 Å². The molecule has 0 saturated carbocycles. The average Bonchev–Trinajstić information content (AvgIpc) is 2.63. The molecule has 0 fully saturated rings. The Labute approximate surface area is 126 Å². The standard InChI is InChI=1S/C12H10Br2N2OS/c1-6-3-2-4-8(15)10(6)16-12(17)7-5-9(13)18-11(7)14/h2-5H,15H2,1H3,(H,16,17). The molecule has 2 rings (SSSR count). The Morgan fingerprint density at radius 3 is 2.67 bits per heavy atom. The van der Waals surface area contributed by atoms with Crippen molar-refractivity contribution in [3.63, 3.8) is 0 Å². The Morgan fingerprint density at radius 1 is 1.39 bits per heavy atom. The first-order chi connectivity index (χ1) is 8.49. The van der Waals surface area contributed by atoms with Gasteiger partial charge >= 0.3 is 0 Å². The third-order valence-electron chi connectivity index (χ3n) is 2.44. The highest BCUT2D eigenvalue weighted by molar-refractivity contribution is 9.12. The van der Waals surface area contributed by atoms with E-state index in [1.54, 1.807) is 12.1 Å². The number of para-hydroxylation sites is 1. The molecule has 2 aromatic rings. The maximum Gasteiger partial charge on any atom is 0.257 e. The fraction of sp³-hybridized carbons (Fsp3) is 0.0833. The van der Waals surface area contributed by atoms with Crippen LogP contribution in [0.1, 0.15) is 15.9 Å². The molecular formula is C12H10Br2N2OS. The number of hydrogen-bond donors (Lipinski definition) is 2. The van der Waals surface area contributed by atoms with Gasteiger partial charge in [0.25, 0.3) is 5.91 Å². The highest BCUT2D eigenvalue weighted by atomic mass is 79.9. The third kappa shape index (κ3) is 2.76. The highest BCUT2D eigenvalue weighted by Crippen LogP contribution is 2.33. The zero-order valence-electron chi connectivity index (χ0n) is 9.46. The fourth-order valence-corrected chi connectivity index (χ4v) is 4.33. The Balaban J connectivity index is 2.30. The Morgan fingerprint density at radius 2 is 2.11 bits per heavy atom. The van der Waals surface area contributed by atoms with Crippen LogP contribution in [0.4, 0.5) is 11.4 Å². The van der Waals surface area contributed by atoms with Gasteiger partial charge in [0, 0.05) is 0 Å². The summed E-state index contributed by atoms with van der Waals surface area (Å²) in [5.74, 6) is -0.176. The molecule has 0 spiro atoms. The first kappa shape index (κ1) is 13.6. The predicted octanol–water partition coefficient (Wildman–Crippen LogP) is 4.42. The van der Waals surface area contributed by atoms with Gasteiger partial charge in [-0.3, -0.25) is 4.79 Å². The van der Waals surface area contributed by atoms with Crippen LogP contribution in [0.15, 0.2) is 31.8 Å². The van der Waals surface area contributed by atoms with Crippen LogP contribution in [0.2, 0.25) is 0 Å². The Kier molecular flexibility index (Phi) is 4.09. The molecule has 3 N–H and O–H groups in total. The molecule has 6 heteroatoms. The number of rotatable bonds is 2. The van der Waals surface area contributed by atoms with E-state index >= 15 is 0 Å². The minimum atomic E-state index is -0.176. The first-order valence-electron chi connectivity index (χ1n) is 5.10. The summed E-state index contributed by atoms with van der Waals surface area (Å²) in [6.45, 7) is 1.91. The molecule has 3 nitrogen and oxygen atoms in total. The molecule has 0 radical (unpaired) electrons. The molecule has 1 aromatic carbocycles. The van der Waals surface area contributed by atoms with Gasteiger partial charge in [0.05, 0.1) is 24.5 Å². The normalized spacial score (nSPS) is 10.4. The van der Waals surface area contributed by atoms with Crippen molar-refractivity contribution in [3.8, 4) is 0 Å². The quantitative estimate of drug-likeness (QED) is 0.747. The number of nitrogens with one attached hydrogen (secondary N) is 1. The van der Waals surface area contributed by atoms with E-state index < -0.39 is 0 Å². The minimum Gasteiger partial charge on any atom is -0.397 e. The second kappa shape index (κ2) is 5.42. The molecule has 0 aliphatic heterocycles. The second-order valence-corrected chi connectivity index (χ2v) is 7.48. The number of thiophene rings is 1. The molecule has 0 bridgehead atoms. The van der Waals surface area contributed by atoms with Crippen molar-refractivity contribution in [2.45, 2.75) is 6.92 Å². The number of amides is 1. The molecule has 1 amide bonds. The van der Waals surface area contributed by atoms with Crippen LogP contribution in [0.5, 0.6) is 0 Å². The number of nitrogen functional groups attached to an aromatic ring is 1. The molecule has 1 heterocycles. The molecule has 0 saturated heterocycles. The van der Waals surface area contributed by atoms with E-state index in [2.05, 4.69) is 37.2 Å². The van der Waals surface area contributed by atoms with E-state index in [-0.39, 0.29) is 5.91 Å². The molecule has 0 aliphatic rings. The maximum atomic E-state index is 12.1. The van der Waals surface area contributed by atoms with Gasteiger partial charge in [0.2, 0.25) is 0 Å². The summed E-state index contributed by atoms with van der Waals surface area (Å²) >= 11 is 8.17. The fourth-order valence-electron chi connectivity index (χ4n) is 1.54. The van der Waals surface area contributed by atoms with E-state index in [4.69, 9.17) is 5.73 Å². The zero-order valence-corrected chi connectivity index (χ0v) is 13.4. The van der Waals surface area contributed by atoms with Gasteiger partial charge < -0.3 is 11.1 Å². The van der Waals surface area contributed by atoms with E-state index in [1.807, 2.05) is 19.1 Å². The molecule has 18 heavy (non-hydrogen) atoms. The largest absolute Gasteiger partial charge is 0.397 e. The van der Waals surface area contributed by atoms with Gasteiger partial charge in [-0.2, -0.15) is 0 Å². The molecule has 0 aliphatic carbocycles. The van der Waals surface area contributed by atoms with Gasteiger partial charge in [0.15, 0.2) is 0 Å². The van der Waals surface area contributed by atoms with Crippen LogP contribution in [0.3, 0.4) is 0 Å². The number of halogens is 2. The lowest BCUT2D eigenvalue weighted by Crippen LogP contribution is -2.13. The number of carbonyl (C=O) groups is 1. The molecule has 94 valence electrons. The van der Waals surface area contributed by atoms with Crippen molar-refractivity contribution >= 4 is 60.5 Å². The molecular weight excluding hydrogens is 380 g/mol. The summed E-state index contributed by atoms with van der Waals surface area (Å²) in [6, 6.07) is 7.31. The summed E-state index contributed by atoms with van der Waals surface area (Å²) in [6.07, 6.45) is 0. The number of nitrogens with two attached hydrogens (primary N) is 1. The van der Waals surface area contributed by atoms with Crippen molar-refractivity contribution < 1.29 is 4.79 Å². The van der Waals surface area contributed by atoms with Crippen molar-refractivity contribution in [3.05, 3.63) is 43.0 Å². The smallest absolute Gasteiger partial charge is 0.257 e. The summed E-state index contributed by atoms with van der Waals surface area (Å²) in [5, 5.41) is 2.84. The Hall–Kier alpha value is -0.850. The lowest BCUT2D eigenvalue weighted by molar-refractivity contribution is 0.102.